The standard InChI is InChI=1S/C27H56N2O3/c1-2-3-4-5-6-7-8-9-10-11-12-13-14-15-16-17-18-19-20-22-26(30)29-24-21-23-28-25-27(31)32/h27-28,31-32H,2-25H2,1H3,(H,29,30). The van der Waals surface area contributed by atoms with Crippen LogP contribution >= 0.6 is 0 Å². The molecule has 0 bridgehead atoms. The molecule has 0 fully saturated rings. The molecule has 1 amide bonds. The molecule has 0 rings (SSSR count). The lowest BCUT2D eigenvalue weighted by molar-refractivity contribution is -0.121. The number of amides is 1. The van der Waals surface area contributed by atoms with Gasteiger partial charge in [0.15, 0.2) is 6.29 Å². The molecule has 0 aromatic rings. The van der Waals surface area contributed by atoms with E-state index in [1.807, 2.05) is 0 Å². The number of rotatable bonds is 26. The summed E-state index contributed by atoms with van der Waals surface area (Å²) in [7, 11) is 0. The third kappa shape index (κ3) is 27.4. The Balaban J connectivity index is 3.12. The second kappa shape index (κ2) is 26.6. The van der Waals surface area contributed by atoms with Crippen molar-refractivity contribution in [2.75, 3.05) is 19.6 Å². The highest BCUT2D eigenvalue weighted by atomic mass is 16.5. The summed E-state index contributed by atoms with van der Waals surface area (Å²) >= 11 is 0. The molecule has 0 saturated carbocycles. The van der Waals surface area contributed by atoms with Crippen LogP contribution in [-0.4, -0.2) is 42.0 Å². The molecule has 192 valence electrons. The van der Waals surface area contributed by atoms with Crippen LogP contribution in [0, 0.1) is 0 Å². The van der Waals surface area contributed by atoms with Crippen molar-refractivity contribution in [2.45, 2.75) is 148 Å². The molecule has 4 N–H and O–H groups in total. The summed E-state index contributed by atoms with van der Waals surface area (Å²) in [4.78, 5) is 11.8. The van der Waals surface area contributed by atoms with E-state index in [4.69, 9.17) is 10.2 Å². The molecule has 0 aromatic heterocycles. The first kappa shape index (κ1) is 31.4. The zero-order chi connectivity index (χ0) is 23.5. The summed E-state index contributed by atoms with van der Waals surface area (Å²) in [5.74, 6) is 0.138. The van der Waals surface area contributed by atoms with Gasteiger partial charge in [0.25, 0.3) is 0 Å². The summed E-state index contributed by atoms with van der Waals surface area (Å²) in [6.07, 6.45) is 26.1. The Morgan fingerprint density at radius 2 is 1.00 bits per heavy atom. The first-order chi connectivity index (χ1) is 15.7. The fourth-order valence-electron chi connectivity index (χ4n) is 4.12. The van der Waals surface area contributed by atoms with Crippen molar-refractivity contribution in [2.24, 2.45) is 0 Å². The van der Waals surface area contributed by atoms with E-state index in [0.29, 0.717) is 19.5 Å². The van der Waals surface area contributed by atoms with Gasteiger partial charge < -0.3 is 20.8 Å². The number of carbonyl (C=O) groups excluding carboxylic acids is 1. The molecule has 0 atom stereocenters. The van der Waals surface area contributed by atoms with Crippen molar-refractivity contribution in [3.05, 3.63) is 0 Å². The lowest BCUT2D eigenvalue weighted by atomic mass is 10.0. The van der Waals surface area contributed by atoms with Gasteiger partial charge in [0.1, 0.15) is 0 Å². The van der Waals surface area contributed by atoms with Crippen LogP contribution in [0.1, 0.15) is 142 Å². The van der Waals surface area contributed by atoms with Crippen molar-refractivity contribution in [3.8, 4) is 0 Å². The predicted molar refractivity (Wildman–Crippen MR) is 137 cm³/mol. The highest BCUT2D eigenvalue weighted by Gasteiger charge is 2.01. The highest BCUT2D eigenvalue weighted by Crippen LogP contribution is 2.14. The van der Waals surface area contributed by atoms with Crippen LogP contribution in [0.25, 0.3) is 0 Å². The highest BCUT2D eigenvalue weighted by molar-refractivity contribution is 5.75. The number of nitrogens with one attached hydrogen (secondary N) is 2. The molecule has 0 spiro atoms. The number of hydrogen-bond acceptors (Lipinski definition) is 4. The number of aliphatic hydroxyl groups is 2. The van der Waals surface area contributed by atoms with Crippen molar-refractivity contribution in [1.29, 1.82) is 0 Å². The maximum absolute atomic E-state index is 11.8. The van der Waals surface area contributed by atoms with Crippen LogP contribution in [0.3, 0.4) is 0 Å². The van der Waals surface area contributed by atoms with Crippen LogP contribution < -0.4 is 10.6 Å². The summed E-state index contributed by atoms with van der Waals surface area (Å²) in [6.45, 7) is 3.78. The van der Waals surface area contributed by atoms with Gasteiger partial charge >= 0.3 is 0 Å². The molecule has 5 heteroatoms. The molecule has 0 saturated heterocycles. The zero-order valence-corrected chi connectivity index (χ0v) is 21.4. The van der Waals surface area contributed by atoms with E-state index in [9.17, 15) is 4.79 Å². The van der Waals surface area contributed by atoms with E-state index in [1.54, 1.807) is 0 Å². The average molecular weight is 457 g/mol. The minimum Gasteiger partial charge on any atom is -0.367 e. The van der Waals surface area contributed by atoms with Gasteiger partial charge in [0.2, 0.25) is 5.91 Å². The van der Waals surface area contributed by atoms with Crippen molar-refractivity contribution >= 4 is 5.91 Å². The molecule has 5 nitrogen and oxygen atoms in total. The molecule has 0 aliphatic rings. The molecule has 0 aliphatic heterocycles. The maximum atomic E-state index is 11.8. The SMILES string of the molecule is CCCCCCCCCCCCCCCCCCCCCC(=O)NCCCNCC(O)O. The number of carbonyl (C=O) groups is 1. The quantitative estimate of drug-likeness (QED) is 0.0920. The normalized spacial score (nSPS) is 11.4. The minimum absolute atomic E-state index is 0.138. The molecule has 0 unspecified atom stereocenters. The van der Waals surface area contributed by atoms with Gasteiger partial charge in [-0.25, -0.2) is 0 Å². The predicted octanol–water partition coefficient (Wildman–Crippen LogP) is 6.21. The Bertz CT molecular complexity index is 378. The van der Waals surface area contributed by atoms with E-state index in [0.717, 1.165) is 19.3 Å². The molecular weight excluding hydrogens is 400 g/mol. The first-order valence-electron chi connectivity index (χ1n) is 14.0. The van der Waals surface area contributed by atoms with Gasteiger partial charge in [0.05, 0.1) is 0 Å². The van der Waals surface area contributed by atoms with Gasteiger partial charge in [-0.3, -0.25) is 4.79 Å². The van der Waals surface area contributed by atoms with E-state index in [1.165, 1.54) is 109 Å². The van der Waals surface area contributed by atoms with E-state index in [2.05, 4.69) is 17.6 Å². The minimum atomic E-state index is -1.31. The van der Waals surface area contributed by atoms with Crippen molar-refractivity contribution in [1.82, 2.24) is 10.6 Å². The molecule has 0 aliphatic carbocycles. The third-order valence-corrected chi connectivity index (χ3v) is 6.19. The average Bonchev–Trinajstić information content (AvgIpc) is 2.77. The van der Waals surface area contributed by atoms with Gasteiger partial charge in [-0.05, 0) is 19.4 Å². The maximum Gasteiger partial charge on any atom is 0.219 e. The first-order valence-corrected chi connectivity index (χ1v) is 14.0. The van der Waals surface area contributed by atoms with Crippen LogP contribution in [0.5, 0.6) is 0 Å². The van der Waals surface area contributed by atoms with Crippen LogP contribution in [-0.2, 0) is 4.79 Å². The fraction of sp³-hybridized carbons (Fsp3) is 0.963. The summed E-state index contributed by atoms with van der Waals surface area (Å²) < 4.78 is 0. The topological polar surface area (TPSA) is 81.6 Å². The lowest BCUT2D eigenvalue weighted by Gasteiger charge is -2.07. The van der Waals surface area contributed by atoms with Crippen LogP contribution in [0.2, 0.25) is 0 Å². The largest absolute Gasteiger partial charge is 0.367 e. The van der Waals surface area contributed by atoms with Gasteiger partial charge in [-0.15, -0.1) is 0 Å². The zero-order valence-electron chi connectivity index (χ0n) is 21.4. The van der Waals surface area contributed by atoms with Crippen LogP contribution in [0.15, 0.2) is 0 Å². The second-order valence-corrected chi connectivity index (χ2v) is 9.50. The molecule has 0 radical (unpaired) electrons. The van der Waals surface area contributed by atoms with Crippen molar-refractivity contribution in [3.63, 3.8) is 0 Å². The number of aliphatic hydroxyl groups excluding tert-OH is 1. The lowest BCUT2D eigenvalue weighted by Crippen LogP contribution is -2.30. The monoisotopic (exact) mass is 456 g/mol. The Kier molecular flexibility index (Phi) is 26.1. The van der Waals surface area contributed by atoms with Gasteiger partial charge in [-0.1, -0.05) is 122 Å². The Labute approximate surface area is 199 Å². The summed E-state index contributed by atoms with van der Waals surface area (Å²) in [5.41, 5.74) is 0. The van der Waals surface area contributed by atoms with E-state index < -0.39 is 6.29 Å². The molecule has 0 heterocycles. The second-order valence-electron chi connectivity index (χ2n) is 9.50. The van der Waals surface area contributed by atoms with E-state index in [-0.39, 0.29) is 12.5 Å². The Morgan fingerprint density at radius 3 is 1.41 bits per heavy atom. The van der Waals surface area contributed by atoms with Crippen molar-refractivity contribution < 1.29 is 15.0 Å². The molecular formula is C27H56N2O3. The molecule has 32 heavy (non-hydrogen) atoms. The molecule has 0 aromatic carbocycles. The summed E-state index contributed by atoms with van der Waals surface area (Å²) in [6, 6.07) is 0. The Morgan fingerprint density at radius 1 is 0.594 bits per heavy atom. The van der Waals surface area contributed by atoms with E-state index >= 15 is 0 Å². The Hall–Kier alpha value is -0.650. The fourth-order valence-corrected chi connectivity index (χ4v) is 4.12. The smallest absolute Gasteiger partial charge is 0.219 e. The van der Waals surface area contributed by atoms with Gasteiger partial charge in [0, 0.05) is 19.5 Å². The summed E-state index contributed by atoms with van der Waals surface area (Å²) in [5, 5.41) is 23.3. The number of hydrogen-bond donors (Lipinski definition) is 4. The van der Waals surface area contributed by atoms with Gasteiger partial charge in [-0.2, -0.15) is 0 Å². The third-order valence-electron chi connectivity index (χ3n) is 6.19. The van der Waals surface area contributed by atoms with Crippen LogP contribution in [0.4, 0.5) is 0 Å². The number of unbranched alkanes of at least 4 members (excludes halogenated alkanes) is 18.